The first kappa shape index (κ1) is 22.9. The van der Waals surface area contributed by atoms with Crippen LogP contribution < -0.4 is 21.3 Å². The van der Waals surface area contributed by atoms with Crippen LogP contribution in [0.5, 0.6) is 0 Å². The van der Waals surface area contributed by atoms with Gasteiger partial charge in [-0.2, -0.15) is 0 Å². The van der Waals surface area contributed by atoms with Gasteiger partial charge in [-0.15, -0.1) is 0 Å². The van der Waals surface area contributed by atoms with Crippen LogP contribution >= 0.6 is 0 Å². The predicted octanol–water partition coefficient (Wildman–Crippen LogP) is 1.16. The summed E-state index contributed by atoms with van der Waals surface area (Å²) in [5.74, 6) is -0.356. The van der Waals surface area contributed by atoms with Gasteiger partial charge >= 0.3 is 6.03 Å². The topological polar surface area (TPSA) is 102 Å². The van der Waals surface area contributed by atoms with Crippen molar-refractivity contribution in [2.24, 2.45) is 0 Å². The molecule has 0 heterocycles. The summed E-state index contributed by atoms with van der Waals surface area (Å²) < 4.78 is 0. The van der Waals surface area contributed by atoms with Crippen LogP contribution in [-0.4, -0.2) is 50.3 Å². The summed E-state index contributed by atoms with van der Waals surface area (Å²) in [4.78, 5) is 22.0. The van der Waals surface area contributed by atoms with Crippen LogP contribution in [0.4, 0.5) is 4.79 Å². The summed E-state index contributed by atoms with van der Waals surface area (Å²) in [6.07, 6.45) is 1.16. The van der Waals surface area contributed by atoms with Gasteiger partial charge in [0.05, 0.1) is 6.04 Å². The van der Waals surface area contributed by atoms with Gasteiger partial charge < -0.3 is 26.4 Å². The van der Waals surface area contributed by atoms with E-state index in [1.54, 1.807) is 14.1 Å². The Morgan fingerprint density at radius 3 is 2.32 bits per heavy atom. The van der Waals surface area contributed by atoms with Crippen molar-refractivity contribution in [2.45, 2.75) is 38.8 Å². The van der Waals surface area contributed by atoms with E-state index in [0.717, 1.165) is 24.9 Å². The number of nitrogens with one attached hydrogen (secondary N) is 4. The fraction of sp³-hybridized carbons (Fsp3) is 0.556. The second-order valence-electron chi connectivity index (χ2n) is 5.57. The molecular weight excluding hydrogens is 320 g/mol. The maximum absolute atomic E-state index is 11.5. The van der Waals surface area contributed by atoms with Crippen molar-refractivity contribution in [2.75, 3.05) is 27.2 Å². The van der Waals surface area contributed by atoms with Crippen molar-refractivity contribution < 1.29 is 14.7 Å². The van der Waals surface area contributed by atoms with E-state index in [0.29, 0.717) is 0 Å². The molecule has 7 nitrogen and oxygen atoms in total. The lowest BCUT2D eigenvalue weighted by Gasteiger charge is -2.17. The lowest BCUT2D eigenvalue weighted by atomic mass is 10.1. The number of unbranched alkanes of at least 4 members (excludes halogenated alkanes) is 1. The van der Waals surface area contributed by atoms with Gasteiger partial charge in [0, 0.05) is 20.1 Å². The Bertz CT molecular complexity index is 482. The minimum absolute atomic E-state index is 0.0940. The summed E-state index contributed by atoms with van der Waals surface area (Å²) in [5, 5.41) is 20.1. The molecule has 1 rings (SSSR count). The highest BCUT2D eigenvalue weighted by Gasteiger charge is 2.16. The zero-order chi connectivity index (χ0) is 19.1. The summed E-state index contributed by atoms with van der Waals surface area (Å²) in [5.41, 5.74) is 1.02. The summed E-state index contributed by atoms with van der Waals surface area (Å²) >= 11 is 0. The lowest BCUT2D eigenvalue weighted by molar-refractivity contribution is -0.129. The van der Waals surface area contributed by atoms with Crippen molar-refractivity contribution in [3.8, 4) is 0 Å². The van der Waals surface area contributed by atoms with Gasteiger partial charge in [-0.25, -0.2) is 4.79 Å². The number of hydrogen-bond donors (Lipinski definition) is 5. The minimum Gasteiger partial charge on any atom is -0.382 e. The molecule has 0 aromatic heterocycles. The van der Waals surface area contributed by atoms with Crippen LogP contribution in [-0.2, 0) is 4.79 Å². The number of benzene rings is 1. The third kappa shape index (κ3) is 11.1. The molecule has 5 N–H and O–H groups in total. The van der Waals surface area contributed by atoms with Gasteiger partial charge in [-0.3, -0.25) is 4.79 Å². The Labute approximate surface area is 150 Å². The maximum Gasteiger partial charge on any atom is 0.314 e. The molecule has 7 heteroatoms. The first-order chi connectivity index (χ1) is 12.0. The number of carbonyl (C=O) groups excluding carboxylic acids is 2. The Balaban J connectivity index is 0.000000547. The average molecular weight is 352 g/mol. The molecule has 25 heavy (non-hydrogen) atoms. The normalized spacial score (nSPS) is 12.2. The molecule has 1 unspecified atom stereocenters. The third-order valence-electron chi connectivity index (χ3n) is 3.40. The lowest BCUT2D eigenvalue weighted by Crippen LogP contribution is -2.41. The molecule has 0 saturated carbocycles. The van der Waals surface area contributed by atoms with Gasteiger partial charge in [0.2, 0.25) is 0 Å². The molecule has 0 bridgehead atoms. The Morgan fingerprint density at radius 1 is 1.16 bits per heavy atom. The molecule has 0 aliphatic rings. The molecule has 0 aliphatic heterocycles. The molecule has 0 radical (unpaired) electrons. The first-order valence-electron chi connectivity index (χ1n) is 8.59. The van der Waals surface area contributed by atoms with Crippen molar-refractivity contribution in [1.82, 2.24) is 21.3 Å². The highest BCUT2D eigenvalue weighted by atomic mass is 16.3. The van der Waals surface area contributed by atoms with Gasteiger partial charge in [-0.05, 0) is 26.0 Å². The molecule has 2 atom stereocenters. The molecular formula is C18H32N4O3. The van der Waals surface area contributed by atoms with Crippen LogP contribution in [0.1, 0.15) is 38.3 Å². The summed E-state index contributed by atoms with van der Waals surface area (Å²) in [6, 6.07) is 9.45. The second kappa shape index (κ2) is 14.2. The highest BCUT2D eigenvalue weighted by molar-refractivity contribution is 5.81. The predicted molar refractivity (Wildman–Crippen MR) is 100 cm³/mol. The minimum atomic E-state index is -1.00. The summed E-state index contributed by atoms with van der Waals surface area (Å²) in [7, 11) is 3.30. The van der Waals surface area contributed by atoms with Gasteiger partial charge in [0.25, 0.3) is 5.91 Å². The number of rotatable bonds is 8. The molecule has 142 valence electrons. The van der Waals surface area contributed by atoms with Crippen LogP contribution in [0.15, 0.2) is 30.3 Å². The number of likely N-dealkylation sites (N-methyl/N-ethyl adjacent to an activating group) is 1. The SMILES string of the molecule is CCCCNC(=O)NC.CNCC(O)C(=O)N[C@H](C)c1ccccc1. The maximum atomic E-state index is 11.5. The van der Waals surface area contributed by atoms with Crippen molar-refractivity contribution in [1.29, 1.82) is 0 Å². The van der Waals surface area contributed by atoms with Gasteiger partial charge in [0.1, 0.15) is 6.10 Å². The number of hydrogen-bond acceptors (Lipinski definition) is 4. The standard InChI is InChI=1S/C12H18N2O2.C6H14N2O/c1-9(10-6-4-3-5-7-10)14-12(16)11(15)8-13-2;1-3-4-5-8-6(9)7-2/h3-7,9,11,13,15H,8H2,1-2H3,(H,14,16);3-5H2,1-2H3,(H2,7,8,9)/t9-,11?;/m1./s1. The van der Waals surface area contributed by atoms with E-state index in [4.69, 9.17) is 0 Å². The van der Waals surface area contributed by atoms with E-state index in [1.807, 2.05) is 37.3 Å². The van der Waals surface area contributed by atoms with E-state index in [9.17, 15) is 14.7 Å². The molecule has 0 saturated heterocycles. The molecule has 3 amide bonds. The molecule has 0 aliphatic carbocycles. The van der Waals surface area contributed by atoms with Crippen LogP contribution in [0.3, 0.4) is 0 Å². The van der Waals surface area contributed by atoms with Gasteiger partial charge in [-0.1, -0.05) is 43.7 Å². The largest absolute Gasteiger partial charge is 0.382 e. The monoisotopic (exact) mass is 352 g/mol. The number of aliphatic hydroxyl groups is 1. The zero-order valence-corrected chi connectivity index (χ0v) is 15.6. The smallest absolute Gasteiger partial charge is 0.314 e. The van der Waals surface area contributed by atoms with E-state index in [1.165, 1.54) is 0 Å². The zero-order valence-electron chi connectivity index (χ0n) is 15.6. The Morgan fingerprint density at radius 2 is 1.80 bits per heavy atom. The molecule has 1 aromatic carbocycles. The van der Waals surface area contributed by atoms with Crippen molar-refractivity contribution in [3.63, 3.8) is 0 Å². The fourth-order valence-electron chi connectivity index (χ4n) is 1.89. The van der Waals surface area contributed by atoms with E-state index in [-0.39, 0.29) is 24.5 Å². The van der Waals surface area contributed by atoms with Gasteiger partial charge in [0.15, 0.2) is 0 Å². The van der Waals surface area contributed by atoms with Crippen molar-refractivity contribution in [3.05, 3.63) is 35.9 Å². The molecule has 0 fully saturated rings. The van der Waals surface area contributed by atoms with Crippen LogP contribution in [0.25, 0.3) is 0 Å². The highest BCUT2D eigenvalue weighted by Crippen LogP contribution is 2.10. The first-order valence-corrected chi connectivity index (χ1v) is 8.59. The Hall–Kier alpha value is -2.12. The summed E-state index contributed by atoms with van der Waals surface area (Å²) in [6.45, 7) is 5.01. The third-order valence-corrected chi connectivity index (χ3v) is 3.40. The van der Waals surface area contributed by atoms with E-state index < -0.39 is 6.10 Å². The number of carbonyl (C=O) groups is 2. The number of urea groups is 1. The van der Waals surface area contributed by atoms with E-state index in [2.05, 4.69) is 28.2 Å². The number of aliphatic hydroxyl groups excluding tert-OH is 1. The van der Waals surface area contributed by atoms with Crippen LogP contribution in [0.2, 0.25) is 0 Å². The quantitative estimate of drug-likeness (QED) is 0.453. The van der Waals surface area contributed by atoms with E-state index >= 15 is 0 Å². The van der Waals surface area contributed by atoms with Crippen LogP contribution in [0, 0.1) is 0 Å². The average Bonchev–Trinajstić information content (AvgIpc) is 2.63. The Kier molecular flexibility index (Phi) is 13.0. The molecule has 1 aromatic rings. The molecule has 0 spiro atoms. The fourth-order valence-corrected chi connectivity index (χ4v) is 1.89. The number of amides is 3. The van der Waals surface area contributed by atoms with Crippen molar-refractivity contribution >= 4 is 11.9 Å². The second-order valence-corrected chi connectivity index (χ2v) is 5.57.